The SMILES string of the molecule is C[C@H](OC(=O)CNC(=O)c1ccccc1F)C(=O)Nc1ccccc1F. The smallest absolute Gasteiger partial charge is 0.326 e. The fourth-order valence-corrected chi connectivity index (χ4v) is 1.98. The first-order chi connectivity index (χ1) is 12.4. The van der Waals surface area contributed by atoms with E-state index in [-0.39, 0.29) is 11.3 Å². The molecule has 0 saturated heterocycles. The first-order valence-electron chi connectivity index (χ1n) is 7.66. The number of nitrogens with one attached hydrogen (secondary N) is 2. The molecule has 2 rings (SSSR count). The third-order valence-electron chi connectivity index (χ3n) is 3.32. The maximum absolute atomic E-state index is 13.5. The number of anilines is 1. The Balaban J connectivity index is 1.83. The molecule has 0 aliphatic carbocycles. The van der Waals surface area contributed by atoms with Crippen molar-refractivity contribution in [1.82, 2.24) is 5.32 Å². The van der Waals surface area contributed by atoms with Crippen molar-refractivity contribution >= 4 is 23.5 Å². The van der Waals surface area contributed by atoms with E-state index < -0.39 is 42.1 Å². The van der Waals surface area contributed by atoms with E-state index in [1.54, 1.807) is 0 Å². The van der Waals surface area contributed by atoms with Crippen LogP contribution in [0.1, 0.15) is 17.3 Å². The fraction of sp³-hybridized carbons (Fsp3) is 0.167. The molecule has 2 aromatic carbocycles. The highest BCUT2D eigenvalue weighted by atomic mass is 19.1. The van der Waals surface area contributed by atoms with Crippen LogP contribution < -0.4 is 10.6 Å². The summed E-state index contributed by atoms with van der Waals surface area (Å²) in [6, 6.07) is 10.8. The second-order valence-corrected chi connectivity index (χ2v) is 5.26. The van der Waals surface area contributed by atoms with Crippen LogP contribution in [-0.4, -0.2) is 30.4 Å². The summed E-state index contributed by atoms with van der Waals surface area (Å²) in [7, 11) is 0. The van der Waals surface area contributed by atoms with Gasteiger partial charge in [-0.25, -0.2) is 8.78 Å². The van der Waals surface area contributed by atoms with Crippen LogP contribution in [0.4, 0.5) is 14.5 Å². The Kier molecular flexibility index (Phi) is 6.37. The van der Waals surface area contributed by atoms with Crippen molar-refractivity contribution in [3.8, 4) is 0 Å². The first kappa shape index (κ1) is 19.0. The molecule has 2 aromatic rings. The van der Waals surface area contributed by atoms with Crippen molar-refractivity contribution in [1.29, 1.82) is 0 Å². The molecular weight excluding hydrogens is 346 g/mol. The molecule has 136 valence electrons. The van der Waals surface area contributed by atoms with Crippen molar-refractivity contribution in [2.45, 2.75) is 13.0 Å². The number of amides is 2. The van der Waals surface area contributed by atoms with Gasteiger partial charge < -0.3 is 15.4 Å². The van der Waals surface area contributed by atoms with E-state index in [4.69, 9.17) is 4.74 Å². The van der Waals surface area contributed by atoms with E-state index in [1.807, 2.05) is 0 Å². The molecule has 1 atom stereocenters. The third kappa shape index (κ3) is 5.10. The Morgan fingerprint density at radius 2 is 1.62 bits per heavy atom. The summed E-state index contributed by atoms with van der Waals surface area (Å²) in [5.41, 5.74) is -0.265. The monoisotopic (exact) mass is 362 g/mol. The van der Waals surface area contributed by atoms with Crippen LogP contribution in [0.2, 0.25) is 0 Å². The van der Waals surface area contributed by atoms with Gasteiger partial charge in [-0.3, -0.25) is 14.4 Å². The fourth-order valence-electron chi connectivity index (χ4n) is 1.98. The number of benzene rings is 2. The molecule has 0 fully saturated rings. The number of hydrogen-bond donors (Lipinski definition) is 2. The Labute approximate surface area is 148 Å². The normalized spacial score (nSPS) is 11.3. The molecule has 0 aromatic heterocycles. The van der Waals surface area contributed by atoms with Crippen LogP contribution >= 0.6 is 0 Å². The number of rotatable bonds is 6. The van der Waals surface area contributed by atoms with Gasteiger partial charge in [0.2, 0.25) is 0 Å². The summed E-state index contributed by atoms with van der Waals surface area (Å²) in [5.74, 6) is -3.77. The summed E-state index contributed by atoms with van der Waals surface area (Å²) >= 11 is 0. The highest BCUT2D eigenvalue weighted by Gasteiger charge is 2.20. The molecular formula is C18H16F2N2O4. The number of carbonyl (C=O) groups excluding carboxylic acids is 3. The zero-order valence-electron chi connectivity index (χ0n) is 13.8. The van der Waals surface area contributed by atoms with Crippen LogP contribution in [0, 0.1) is 11.6 Å². The van der Waals surface area contributed by atoms with E-state index >= 15 is 0 Å². The summed E-state index contributed by atoms with van der Waals surface area (Å²) in [5, 5.41) is 4.48. The van der Waals surface area contributed by atoms with Gasteiger partial charge in [0, 0.05) is 0 Å². The second kappa shape index (κ2) is 8.70. The maximum Gasteiger partial charge on any atom is 0.326 e. The van der Waals surface area contributed by atoms with Crippen molar-refractivity contribution in [2.75, 3.05) is 11.9 Å². The summed E-state index contributed by atoms with van der Waals surface area (Å²) in [4.78, 5) is 35.4. The topological polar surface area (TPSA) is 84.5 Å². The molecule has 0 spiro atoms. The molecule has 0 unspecified atom stereocenters. The van der Waals surface area contributed by atoms with E-state index in [1.165, 1.54) is 49.4 Å². The zero-order valence-corrected chi connectivity index (χ0v) is 13.8. The quantitative estimate of drug-likeness (QED) is 0.772. The van der Waals surface area contributed by atoms with Crippen LogP contribution in [-0.2, 0) is 14.3 Å². The average molecular weight is 362 g/mol. The first-order valence-corrected chi connectivity index (χ1v) is 7.66. The lowest BCUT2D eigenvalue weighted by molar-refractivity contribution is -0.152. The molecule has 2 amide bonds. The van der Waals surface area contributed by atoms with Gasteiger partial charge in [-0.2, -0.15) is 0 Å². The minimum atomic E-state index is -1.22. The number of carbonyl (C=O) groups is 3. The summed E-state index contributed by atoms with van der Waals surface area (Å²) in [6.07, 6.45) is -1.22. The minimum absolute atomic E-state index is 0.0479. The second-order valence-electron chi connectivity index (χ2n) is 5.26. The maximum atomic E-state index is 13.5. The van der Waals surface area contributed by atoms with Gasteiger partial charge in [-0.05, 0) is 31.2 Å². The van der Waals surface area contributed by atoms with Gasteiger partial charge in [0.1, 0.15) is 18.2 Å². The van der Waals surface area contributed by atoms with Gasteiger partial charge in [0.05, 0.1) is 11.3 Å². The van der Waals surface area contributed by atoms with Gasteiger partial charge in [-0.1, -0.05) is 24.3 Å². The standard InChI is InChI=1S/C18H16F2N2O4/c1-11(17(24)22-15-9-5-4-8-14(15)20)26-16(23)10-21-18(25)12-6-2-3-7-13(12)19/h2-9,11H,10H2,1H3,(H,21,25)(H,22,24)/t11-/m0/s1. The van der Waals surface area contributed by atoms with E-state index in [0.717, 1.165) is 6.07 Å². The Bertz CT molecular complexity index is 826. The summed E-state index contributed by atoms with van der Waals surface area (Å²) < 4.78 is 31.8. The van der Waals surface area contributed by atoms with Crippen LogP contribution in [0.25, 0.3) is 0 Å². The largest absolute Gasteiger partial charge is 0.451 e. The van der Waals surface area contributed by atoms with Crippen molar-refractivity contribution < 1.29 is 27.9 Å². The number of esters is 1. The van der Waals surface area contributed by atoms with Crippen LogP contribution in [0.5, 0.6) is 0 Å². The number of hydrogen-bond acceptors (Lipinski definition) is 4. The van der Waals surface area contributed by atoms with Crippen molar-refractivity contribution in [2.24, 2.45) is 0 Å². The van der Waals surface area contributed by atoms with E-state index in [0.29, 0.717) is 0 Å². The lowest BCUT2D eigenvalue weighted by Gasteiger charge is -2.14. The molecule has 6 nitrogen and oxygen atoms in total. The van der Waals surface area contributed by atoms with Crippen LogP contribution in [0.15, 0.2) is 48.5 Å². The van der Waals surface area contributed by atoms with Crippen molar-refractivity contribution in [3.63, 3.8) is 0 Å². The Hall–Kier alpha value is -3.29. The van der Waals surface area contributed by atoms with Gasteiger partial charge in [0.15, 0.2) is 6.10 Å². The van der Waals surface area contributed by atoms with Crippen molar-refractivity contribution in [3.05, 3.63) is 65.7 Å². The molecule has 0 bridgehead atoms. The van der Waals surface area contributed by atoms with Gasteiger partial charge >= 0.3 is 5.97 Å². The Morgan fingerprint density at radius 1 is 1.00 bits per heavy atom. The van der Waals surface area contributed by atoms with Gasteiger partial charge in [-0.15, -0.1) is 0 Å². The third-order valence-corrected chi connectivity index (χ3v) is 3.32. The molecule has 0 heterocycles. The molecule has 0 aliphatic heterocycles. The van der Waals surface area contributed by atoms with E-state index in [2.05, 4.69) is 10.6 Å². The highest BCUT2D eigenvalue weighted by molar-refractivity contribution is 5.97. The van der Waals surface area contributed by atoms with Crippen LogP contribution in [0.3, 0.4) is 0 Å². The minimum Gasteiger partial charge on any atom is -0.451 e. The zero-order chi connectivity index (χ0) is 19.1. The molecule has 0 aliphatic rings. The predicted molar refractivity (Wildman–Crippen MR) is 89.3 cm³/mol. The number of ether oxygens (including phenoxy) is 1. The lowest BCUT2D eigenvalue weighted by Crippen LogP contribution is -2.36. The van der Waals surface area contributed by atoms with Gasteiger partial charge in [0.25, 0.3) is 11.8 Å². The summed E-state index contributed by atoms with van der Waals surface area (Å²) in [6.45, 7) is 0.747. The van der Waals surface area contributed by atoms with E-state index in [9.17, 15) is 23.2 Å². The molecule has 0 radical (unpaired) electrons. The predicted octanol–water partition coefficient (Wildman–Crippen LogP) is 2.26. The number of para-hydroxylation sites is 1. The average Bonchev–Trinajstić information content (AvgIpc) is 2.62. The molecule has 2 N–H and O–H groups in total. The molecule has 0 saturated carbocycles. The molecule has 8 heteroatoms. The highest BCUT2D eigenvalue weighted by Crippen LogP contribution is 2.13. The number of halogens is 2. The Morgan fingerprint density at radius 3 is 2.27 bits per heavy atom. The lowest BCUT2D eigenvalue weighted by atomic mass is 10.2. The molecule has 26 heavy (non-hydrogen) atoms.